The van der Waals surface area contributed by atoms with E-state index in [9.17, 15) is 10.2 Å². The van der Waals surface area contributed by atoms with Crippen molar-refractivity contribution in [2.45, 2.75) is 110 Å². The van der Waals surface area contributed by atoms with Gasteiger partial charge in [0.15, 0.2) is 0 Å². The van der Waals surface area contributed by atoms with Gasteiger partial charge >= 0.3 is 0 Å². The molecule has 4 aliphatic carbocycles. The number of aliphatic hydroxyl groups is 2. The average Bonchev–Trinajstić information content (AvgIpc) is 3.22. The third kappa shape index (κ3) is 4.96. The second kappa shape index (κ2) is 9.79. The molecule has 0 aliphatic heterocycles. The molecule has 2 nitrogen and oxygen atoms in total. The number of rotatable bonds is 4. The van der Waals surface area contributed by atoms with Gasteiger partial charge < -0.3 is 10.2 Å². The van der Waals surface area contributed by atoms with Gasteiger partial charge in [-0.15, -0.1) is 0 Å². The molecule has 0 amide bonds. The van der Waals surface area contributed by atoms with Crippen molar-refractivity contribution < 1.29 is 10.2 Å². The molecular formula is C29H46O2. The summed E-state index contributed by atoms with van der Waals surface area (Å²) < 4.78 is 0. The van der Waals surface area contributed by atoms with Crippen LogP contribution in [0.1, 0.15) is 98.3 Å². The van der Waals surface area contributed by atoms with Crippen molar-refractivity contribution in [3.63, 3.8) is 0 Å². The second-order valence-corrected chi connectivity index (χ2v) is 11.1. The van der Waals surface area contributed by atoms with Gasteiger partial charge in [-0.3, -0.25) is 0 Å². The zero-order chi connectivity index (χ0) is 21.4. The van der Waals surface area contributed by atoms with E-state index >= 15 is 0 Å². The summed E-state index contributed by atoms with van der Waals surface area (Å²) in [6.07, 6.45) is 22.9. The smallest absolute Gasteiger partial charge is 0.0787 e. The van der Waals surface area contributed by atoms with E-state index < -0.39 is 5.60 Å². The molecule has 4 fully saturated rings. The van der Waals surface area contributed by atoms with E-state index in [1.807, 2.05) is 6.92 Å². The number of aliphatic hydroxyl groups excluding tert-OH is 1. The van der Waals surface area contributed by atoms with Crippen molar-refractivity contribution in [2.24, 2.45) is 23.2 Å². The summed E-state index contributed by atoms with van der Waals surface area (Å²) in [7, 11) is 0. The van der Waals surface area contributed by atoms with Crippen molar-refractivity contribution in [1.82, 2.24) is 0 Å². The maximum absolute atomic E-state index is 10.5. The van der Waals surface area contributed by atoms with Gasteiger partial charge in [-0.1, -0.05) is 50.8 Å². The Balaban J connectivity index is 0.00000272. The standard InChI is InChI=1S/C28H42O2.CH4/c1-20-21(8-4-13-26(20)29)14-15-22-9-6-18-27(2)23(16-17-25(22)27)10-5-11-24-12-7-19-28(24,3)30;/h5,11,14-15,23-26,29-30H,1,4,6-10,12-13,16-19H2,2-3H3;1H4/b11-5+,21-14-,22-15+;. The quantitative estimate of drug-likeness (QED) is 0.463. The van der Waals surface area contributed by atoms with E-state index in [1.165, 1.54) is 37.7 Å². The Morgan fingerprint density at radius 2 is 1.81 bits per heavy atom. The lowest BCUT2D eigenvalue weighted by atomic mass is 9.63. The molecule has 4 aliphatic rings. The Labute approximate surface area is 191 Å². The van der Waals surface area contributed by atoms with Crippen LogP contribution in [0, 0.1) is 23.2 Å². The van der Waals surface area contributed by atoms with Crippen LogP contribution in [-0.2, 0) is 0 Å². The molecule has 0 aromatic heterocycles. The first-order valence-electron chi connectivity index (χ1n) is 12.5. The minimum atomic E-state index is -0.496. The molecule has 6 atom stereocenters. The fraction of sp³-hybridized carbons (Fsp3) is 0.724. The summed E-state index contributed by atoms with van der Waals surface area (Å²) in [5.41, 5.74) is 3.75. The fourth-order valence-corrected chi connectivity index (χ4v) is 7.05. The normalized spacial score (nSPS) is 43.5. The second-order valence-electron chi connectivity index (χ2n) is 11.1. The minimum Gasteiger partial charge on any atom is -0.390 e. The molecule has 0 spiro atoms. The van der Waals surface area contributed by atoms with Crippen molar-refractivity contribution >= 4 is 0 Å². The Kier molecular flexibility index (Phi) is 7.75. The van der Waals surface area contributed by atoms with Crippen LogP contribution in [0.5, 0.6) is 0 Å². The van der Waals surface area contributed by atoms with Crippen molar-refractivity contribution in [3.8, 4) is 0 Å². The minimum absolute atomic E-state index is 0. The van der Waals surface area contributed by atoms with Crippen LogP contribution in [0.4, 0.5) is 0 Å². The summed E-state index contributed by atoms with van der Waals surface area (Å²) in [6, 6.07) is 0. The largest absolute Gasteiger partial charge is 0.390 e. The highest BCUT2D eigenvalue weighted by Crippen LogP contribution is 2.58. The Morgan fingerprint density at radius 3 is 2.55 bits per heavy atom. The van der Waals surface area contributed by atoms with Crippen LogP contribution >= 0.6 is 0 Å². The first-order chi connectivity index (χ1) is 14.3. The predicted molar refractivity (Wildman–Crippen MR) is 132 cm³/mol. The van der Waals surface area contributed by atoms with Crippen molar-refractivity contribution in [1.29, 1.82) is 0 Å². The summed E-state index contributed by atoms with van der Waals surface area (Å²) in [4.78, 5) is 0. The monoisotopic (exact) mass is 426 g/mol. The third-order valence-electron chi connectivity index (χ3n) is 9.18. The first-order valence-corrected chi connectivity index (χ1v) is 12.5. The van der Waals surface area contributed by atoms with Gasteiger partial charge in [-0.05, 0) is 112 Å². The van der Waals surface area contributed by atoms with Gasteiger partial charge in [0.2, 0.25) is 0 Å². The maximum atomic E-state index is 10.5. The first kappa shape index (κ1) is 24.5. The van der Waals surface area contributed by atoms with Gasteiger partial charge in [-0.2, -0.15) is 0 Å². The number of hydrogen-bond donors (Lipinski definition) is 2. The molecule has 4 saturated carbocycles. The maximum Gasteiger partial charge on any atom is 0.0787 e. The summed E-state index contributed by atoms with van der Waals surface area (Å²) in [5.74, 6) is 1.81. The molecule has 2 heteroatoms. The molecule has 0 radical (unpaired) electrons. The predicted octanol–water partition coefficient (Wildman–Crippen LogP) is 7.29. The Morgan fingerprint density at radius 1 is 1.00 bits per heavy atom. The van der Waals surface area contributed by atoms with Crippen LogP contribution < -0.4 is 0 Å². The topological polar surface area (TPSA) is 40.5 Å². The van der Waals surface area contributed by atoms with Gasteiger partial charge in [0, 0.05) is 5.92 Å². The van der Waals surface area contributed by atoms with Crippen LogP contribution in [-0.4, -0.2) is 21.9 Å². The molecule has 4 rings (SSSR count). The number of fused-ring (bicyclic) bond motifs is 1. The third-order valence-corrected chi connectivity index (χ3v) is 9.18. The average molecular weight is 427 g/mol. The SMILES string of the molecule is C.C=C1/C(=C\C=C2/CCCC3(C)C(C/C=C/C4CCCC4(C)O)CCC23)CCCC1O. The summed E-state index contributed by atoms with van der Waals surface area (Å²) in [6.45, 7) is 8.68. The van der Waals surface area contributed by atoms with Gasteiger partial charge in [0.1, 0.15) is 0 Å². The molecule has 0 bridgehead atoms. The van der Waals surface area contributed by atoms with E-state index in [0.717, 1.165) is 56.4 Å². The zero-order valence-corrected chi connectivity index (χ0v) is 19.2. The van der Waals surface area contributed by atoms with E-state index in [-0.39, 0.29) is 13.5 Å². The Hall–Kier alpha value is -1.12. The molecule has 31 heavy (non-hydrogen) atoms. The van der Waals surface area contributed by atoms with Crippen LogP contribution in [0.2, 0.25) is 0 Å². The molecule has 174 valence electrons. The lowest BCUT2D eigenvalue weighted by Gasteiger charge is -2.42. The highest BCUT2D eigenvalue weighted by molar-refractivity contribution is 5.37. The molecule has 6 unspecified atom stereocenters. The van der Waals surface area contributed by atoms with E-state index in [2.05, 4.69) is 37.8 Å². The van der Waals surface area contributed by atoms with E-state index in [4.69, 9.17) is 0 Å². The fourth-order valence-electron chi connectivity index (χ4n) is 7.05. The van der Waals surface area contributed by atoms with Gasteiger partial charge in [0.05, 0.1) is 11.7 Å². The highest BCUT2D eigenvalue weighted by Gasteiger charge is 2.48. The summed E-state index contributed by atoms with van der Waals surface area (Å²) >= 11 is 0. The van der Waals surface area contributed by atoms with Gasteiger partial charge in [-0.25, -0.2) is 0 Å². The molecular weight excluding hydrogens is 380 g/mol. The molecule has 2 N–H and O–H groups in total. The van der Waals surface area contributed by atoms with E-state index in [1.54, 1.807) is 5.57 Å². The van der Waals surface area contributed by atoms with Crippen LogP contribution in [0.15, 0.2) is 47.6 Å². The molecule has 0 heterocycles. The Bertz CT molecular complexity index is 740. The zero-order valence-electron chi connectivity index (χ0n) is 19.2. The van der Waals surface area contributed by atoms with Crippen LogP contribution in [0.3, 0.4) is 0 Å². The number of allylic oxidation sites excluding steroid dienone is 4. The van der Waals surface area contributed by atoms with Crippen molar-refractivity contribution in [2.75, 3.05) is 0 Å². The van der Waals surface area contributed by atoms with E-state index in [0.29, 0.717) is 17.3 Å². The van der Waals surface area contributed by atoms with Crippen molar-refractivity contribution in [3.05, 3.63) is 47.6 Å². The van der Waals surface area contributed by atoms with Crippen LogP contribution in [0.25, 0.3) is 0 Å². The number of hydrogen-bond acceptors (Lipinski definition) is 2. The highest BCUT2D eigenvalue weighted by atomic mass is 16.3. The summed E-state index contributed by atoms with van der Waals surface area (Å²) in [5, 5.41) is 20.7. The molecule has 0 saturated heterocycles. The lowest BCUT2D eigenvalue weighted by Crippen LogP contribution is -2.33. The van der Waals surface area contributed by atoms with Gasteiger partial charge in [0.25, 0.3) is 0 Å². The molecule has 0 aromatic rings. The molecule has 0 aromatic carbocycles. The lowest BCUT2D eigenvalue weighted by molar-refractivity contribution is 0.0387.